The van der Waals surface area contributed by atoms with E-state index in [1.165, 1.54) is 70.6 Å². The van der Waals surface area contributed by atoms with E-state index in [0.29, 0.717) is 19.3 Å². The molecule has 0 saturated heterocycles. The molecule has 0 radical (unpaired) electrons. The summed E-state index contributed by atoms with van der Waals surface area (Å²) in [4.78, 5) is 37.9. The van der Waals surface area contributed by atoms with Crippen molar-refractivity contribution >= 4 is 17.9 Å². The van der Waals surface area contributed by atoms with Crippen molar-refractivity contribution in [3.05, 3.63) is 109 Å². The standard InChI is InChI=1S/C56H90O6/c1-4-7-10-13-16-19-22-24-26-27-28-30-31-34-37-40-43-46-49-55(58)61-52-53(51-60-54(57)48-45-42-39-36-33-21-18-15-12-9-6-3)62-56(59)50-47-44-41-38-35-32-29-25-23-20-17-14-11-8-5-2/h8,11,14,16-17,19-20,22-30,32,35,53H,4-7,9-10,12-13,15,18,21,31,33-34,36-52H2,1-3H3/b11-8-,17-14-,19-16-,23-20-,24-22-,27-26-,29-25-,30-28-,35-32-. The molecule has 0 N–H and O–H groups in total. The second kappa shape index (κ2) is 49.7. The van der Waals surface area contributed by atoms with Crippen LogP contribution in [0.4, 0.5) is 0 Å². The molecular formula is C56H90O6. The van der Waals surface area contributed by atoms with Gasteiger partial charge in [0.05, 0.1) is 0 Å². The van der Waals surface area contributed by atoms with Gasteiger partial charge < -0.3 is 14.2 Å². The molecule has 1 atom stereocenters. The fourth-order valence-electron chi connectivity index (χ4n) is 6.47. The van der Waals surface area contributed by atoms with Gasteiger partial charge in [0.1, 0.15) is 13.2 Å². The van der Waals surface area contributed by atoms with Gasteiger partial charge in [0.25, 0.3) is 0 Å². The van der Waals surface area contributed by atoms with E-state index in [4.69, 9.17) is 14.2 Å². The van der Waals surface area contributed by atoms with Crippen molar-refractivity contribution in [2.24, 2.45) is 0 Å². The Kier molecular flexibility index (Phi) is 46.6. The Hall–Kier alpha value is -3.93. The maximum absolute atomic E-state index is 12.8. The number of hydrogen-bond acceptors (Lipinski definition) is 6. The number of esters is 3. The van der Waals surface area contributed by atoms with Crippen LogP contribution in [-0.2, 0) is 28.6 Å². The second-order valence-corrected chi connectivity index (χ2v) is 16.2. The molecule has 350 valence electrons. The van der Waals surface area contributed by atoms with Crippen LogP contribution in [0.1, 0.15) is 207 Å². The van der Waals surface area contributed by atoms with Crippen molar-refractivity contribution in [2.45, 2.75) is 213 Å². The number of carbonyl (C=O) groups is 3. The highest BCUT2D eigenvalue weighted by molar-refractivity contribution is 5.71. The van der Waals surface area contributed by atoms with E-state index in [9.17, 15) is 14.4 Å². The molecule has 0 rings (SSSR count). The highest BCUT2D eigenvalue weighted by atomic mass is 16.6. The Balaban J connectivity index is 4.52. The lowest BCUT2D eigenvalue weighted by molar-refractivity contribution is -0.167. The van der Waals surface area contributed by atoms with Crippen LogP contribution in [0.5, 0.6) is 0 Å². The Morgan fingerprint density at radius 1 is 0.339 bits per heavy atom. The summed E-state index contributed by atoms with van der Waals surface area (Å²) in [7, 11) is 0. The number of carbonyl (C=O) groups excluding carboxylic acids is 3. The van der Waals surface area contributed by atoms with Crippen molar-refractivity contribution in [3.63, 3.8) is 0 Å². The van der Waals surface area contributed by atoms with E-state index in [2.05, 4.69) is 81.5 Å². The molecule has 1 unspecified atom stereocenters. The van der Waals surface area contributed by atoms with E-state index in [0.717, 1.165) is 89.9 Å². The average molecular weight is 859 g/mol. The van der Waals surface area contributed by atoms with Gasteiger partial charge in [-0.15, -0.1) is 0 Å². The monoisotopic (exact) mass is 859 g/mol. The lowest BCUT2D eigenvalue weighted by Crippen LogP contribution is -2.30. The predicted molar refractivity (Wildman–Crippen MR) is 265 cm³/mol. The highest BCUT2D eigenvalue weighted by Crippen LogP contribution is 2.14. The first-order chi connectivity index (χ1) is 30.5. The molecular weight excluding hydrogens is 769 g/mol. The Bertz CT molecular complexity index is 1310. The molecule has 0 fully saturated rings. The molecule has 0 aromatic heterocycles. The first-order valence-corrected chi connectivity index (χ1v) is 25.0. The normalized spacial score (nSPS) is 13.0. The molecule has 0 spiro atoms. The highest BCUT2D eigenvalue weighted by Gasteiger charge is 2.19. The predicted octanol–water partition coefficient (Wildman–Crippen LogP) is 16.4. The molecule has 0 aliphatic heterocycles. The number of allylic oxidation sites excluding steroid dienone is 18. The van der Waals surface area contributed by atoms with Crippen molar-refractivity contribution < 1.29 is 28.6 Å². The van der Waals surface area contributed by atoms with Gasteiger partial charge in [-0.05, 0) is 64.2 Å². The maximum atomic E-state index is 12.8. The fraction of sp³-hybridized carbons (Fsp3) is 0.625. The summed E-state index contributed by atoms with van der Waals surface area (Å²) in [5.41, 5.74) is 0. The smallest absolute Gasteiger partial charge is 0.306 e. The fourth-order valence-corrected chi connectivity index (χ4v) is 6.47. The van der Waals surface area contributed by atoms with Gasteiger partial charge in [-0.2, -0.15) is 0 Å². The van der Waals surface area contributed by atoms with E-state index < -0.39 is 6.10 Å². The van der Waals surface area contributed by atoms with Crippen LogP contribution in [0, 0.1) is 0 Å². The third kappa shape index (κ3) is 47.1. The number of unbranched alkanes of at least 4 members (excludes halogenated alkanes) is 21. The first-order valence-electron chi connectivity index (χ1n) is 25.0. The Labute approximate surface area is 380 Å². The number of rotatable bonds is 43. The lowest BCUT2D eigenvalue weighted by Gasteiger charge is -2.18. The van der Waals surface area contributed by atoms with Crippen LogP contribution in [0.15, 0.2) is 109 Å². The zero-order chi connectivity index (χ0) is 45.1. The SMILES string of the molecule is CC\C=C/C=C\C=C/C=C\C=C/CCCCCC(=O)OC(COC(=O)CCCCCCC\C=C/C=C\C=C/C=C\CCCCC)COC(=O)CCCCCCCCCCCCC. The van der Waals surface area contributed by atoms with E-state index >= 15 is 0 Å². The molecule has 6 heteroatoms. The third-order valence-corrected chi connectivity index (χ3v) is 10.2. The van der Waals surface area contributed by atoms with Crippen molar-refractivity contribution in [1.29, 1.82) is 0 Å². The van der Waals surface area contributed by atoms with E-state index in [1.54, 1.807) is 0 Å². The average Bonchev–Trinajstić information content (AvgIpc) is 3.27. The topological polar surface area (TPSA) is 78.9 Å². The lowest BCUT2D eigenvalue weighted by atomic mass is 10.1. The summed E-state index contributed by atoms with van der Waals surface area (Å²) in [5, 5.41) is 0. The van der Waals surface area contributed by atoms with Gasteiger partial charge in [0.2, 0.25) is 0 Å². The molecule has 0 saturated carbocycles. The summed E-state index contributed by atoms with van der Waals surface area (Å²) in [6.07, 6.45) is 66.3. The van der Waals surface area contributed by atoms with Gasteiger partial charge in [-0.1, -0.05) is 233 Å². The van der Waals surface area contributed by atoms with Crippen molar-refractivity contribution in [1.82, 2.24) is 0 Å². The summed E-state index contributed by atoms with van der Waals surface area (Å²) >= 11 is 0. The van der Waals surface area contributed by atoms with Crippen molar-refractivity contribution in [3.8, 4) is 0 Å². The Morgan fingerprint density at radius 2 is 0.629 bits per heavy atom. The summed E-state index contributed by atoms with van der Waals surface area (Å²) in [6.45, 7) is 6.37. The Morgan fingerprint density at radius 3 is 1.03 bits per heavy atom. The van der Waals surface area contributed by atoms with Crippen LogP contribution in [0.3, 0.4) is 0 Å². The minimum atomic E-state index is -0.809. The van der Waals surface area contributed by atoms with Crippen LogP contribution >= 0.6 is 0 Å². The van der Waals surface area contributed by atoms with Crippen molar-refractivity contribution in [2.75, 3.05) is 13.2 Å². The molecule has 0 aliphatic carbocycles. The summed E-state index contributed by atoms with van der Waals surface area (Å²) in [6, 6.07) is 0. The third-order valence-electron chi connectivity index (χ3n) is 10.2. The molecule has 0 amide bonds. The summed E-state index contributed by atoms with van der Waals surface area (Å²) < 4.78 is 16.7. The largest absolute Gasteiger partial charge is 0.462 e. The zero-order valence-corrected chi connectivity index (χ0v) is 39.8. The first kappa shape index (κ1) is 58.1. The van der Waals surface area contributed by atoms with Crippen LogP contribution < -0.4 is 0 Å². The summed E-state index contributed by atoms with van der Waals surface area (Å²) in [5.74, 6) is -0.977. The van der Waals surface area contributed by atoms with Crippen LogP contribution in [0.25, 0.3) is 0 Å². The molecule has 0 aromatic rings. The van der Waals surface area contributed by atoms with Crippen LogP contribution in [0.2, 0.25) is 0 Å². The number of ether oxygens (including phenoxy) is 3. The van der Waals surface area contributed by atoms with Gasteiger partial charge >= 0.3 is 17.9 Å². The molecule has 0 aliphatic rings. The van der Waals surface area contributed by atoms with E-state index in [-0.39, 0.29) is 37.5 Å². The quantitative estimate of drug-likeness (QED) is 0.0263. The van der Waals surface area contributed by atoms with Gasteiger partial charge in [-0.25, -0.2) is 0 Å². The maximum Gasteiger partial charge on any atom is 0.306 e. The van der Waals surface area contributed by atoms with Crippen LogP contribution in [-0.4, -0.2) is 37.2 Å². The second-order valence-electron chi connectivity index (χ2n) is 16.2. The molecule has 0 heterocycles. The minimum Gasteiger partial charge on any atom is -0.462 e. The molecule has 62 heavy (non-hydrogen) atoms. The molecule has 0 bridgehead atoms. The van der Waals surface area contributed by atoms with Gasteiger partial charge in [0, 0.05) is 19.3 Å². The van der Waals surface area contributed by atoms with Gasteiger partial charge in [0.15, 0.2) is 6.10 Å². The molecule has 0 aromatic carbocycles. The minimum absolute atomic E-state index is 0.104. The van der Waals surface area contributed by atoms with E-state index in [1.807, 2.05) is 48.6 Å². The molecule has 6 nitrogen and oxygen atoms in total. The zero-order valence-electron chi connectivity index (χ0n) is 39.8. The van der Waals surface area contributed by atoms with Gasteiger partial charge in [-0.3, -0.25) is 14.4 Å². The number of hydrogen-bond donors (Lipinski definition) is 0.